The number of benzene rings is 3. The molecule has 2 N–H and O–H groups in total. The molecule has 3 aromatic rings. The van der Waals surface area contributed by atoms with Crippen LogP contribution in [0.5, 0.6) is 0 Å². The summed E-state index contributed by atoms with van der Waals surface area (Å²) in [5.74, 6) is 0.531. The highest BCUT2D eigenvalue weighted by molar-refractivity contribution is 6.06. The third-order valence-corrected chi connectivity index (χ3v) is 4.39. The van der Waals surface area contributed by atoms with Gasteiger partial charge in [0.15, 0.2) is 0 Å². The minimum absolute atomic E-state index is 0.234. The lowest BCUT2D eigenvalue weighted by atomic mass is 9.99. The Labute approximate surface area is 142 Å². The maximum absolute atomic E-state index is 12.3. The molecule has 1 atom stereocenters. The molecule has 0 fully saturated rings. The van der Waals surface area contributed by atoms with Gasteiger partial charge in [-0.2, -0.15) is 0 Å². The van der Waals surface area contributed by atoms with Crippen LogP contribution in [0, 0.1) is 0 Å². The highest BCUT2D eigenvalue weighted by Crippen LogP contribution is 2.24. The molecule has 3 nitrogen and oxygen atoms in total. The molecule has 3 heteroatoms. The van der Waals surface area contributed by atoms with Crippen LogP contribution in [-0.2, 0) is 0 Å². The molecule has 0 aliphatic rings. The molecule has 0 unspecified atom stereocenters. The number of nitrogens with one attached hydrogen (secondary N) is 2. The number of amides is 2. The van der Waals surface area contributed by atoms with Gasteiger partial charge in [0.1, 0.15) is 0 Å². The van der Waals surface area contributed by atoms with Gasteiger partial charge in [0.05, 0.1) is 5.69 Å². The fraction of sp³-hybridized carbons (Fsp3) is 0.190. The average Bonchev–Trinajstić information content (AvgIpc) is 2.62. The van der Waals surface area contributed by atoms with Crippen molar-refractivity contribution in [3.8, 4) is 0 Å². The first-order valence-electron chi connectivity index (χ1n) is 8.33. The number of hydrogen-bond donors (Lipinski definition) is 2. The molecule has 3 rings (SSSR count). The Balaban J connectivity index is 1.71. The predicted molar refractivity (Wildman–Crippen MR) is 102 cm³/mol. The average molecular weight is 318 g/mol. The van der Waals surface area contributed by atoms with E-state index < -0.39 is 0 Å². The number of hydrogen-bond acceptors (Lipinski definition) is 1. The van der Waals surface area contributed by atoms with Gasteiger partial charge < -0.3 is 10.6 Å². The van der Waals surface area contributed by atoms with E-state index in [-0.39, 0.29) is 6.03 Å². The van der Waals surface area contributed by atoms with Gasteiger partial charge in [0.25, 0.3) is 0 Å². The summed E-state index contributed by atoms with van der Waals surface area (Å²) in [7, 11) is 0. The van der Waals surface area contributed by atoms with Crippen molar-refractivity contribution in [1.82, 2.24) is 0 Å². The Kier molecular flexibility index (Phi) is 4.80. The van der Waals surface area contributed by atoms with E-state index in [4.69, 9.17) is 0 Å². The monoisotopic (exact) mass is 318 g/mol. The molecule has 0 radical (unpaired) electrons. The zero-order chi connectivity index (χ0) is 16.9. The molecule has 0 aliphatic carbocycles. The number of urea groups is 1. The Morgan fingerprint density at radius 3 is 2.38 bits per heavy atom. The van der Waals surface area contributed by atoms with E-state index >= 15 is 0 Å². The summed E-state index contributed by atoms with van der Waals surface area (Å²) in [6.45, 7) is 4.38. The van der Waals surface area contributed by atoms with Crippen molar-refractivity contribution in [3.05, 3.63) is 72.3 Å². The lowest BCUT2D eigenvalue weighted by molar-refractivity contribution is 0.262. The second kappa shape index (κ2) is 7.18. The third kappa shape index (κ3) is 3.57. The molecule has 24 heavy (non-hydrogen) atoms. The standard InChI is InChI=1S/C21H22N2O/c1-3-15(2)16-11-13-18(14-12-16)22-21(24)23-20-10-6-8-17-7-4-5-9-19(17)20/h4-15H,3H2,1-2H3,(H2,22,23,24)/t15-/m0/s1. The predicted octanol–water partition coefficient (Wildman–Crippen LogP) is 6.00. The summed E-state index contributed by atoms with van der Waals surface area (Å²) in [4.78, 5) is 12.3. The van der Waals surface area contributed by atoms with Crippen molar-refractivity contribution in [3.63, 3.8) is 0 Å². The molecular formula is C21H22N2O. The van der Waals surface area contributed by atoms with Gasteiger partial charge >= 0.3 is 6.03 Å². The second-order valence-corrected chi connectivity index (χ2v) is 6.04. The van der Waals surface area contributed by atoms with Crippen LogP contribution in [0.25, 0.3) is 10.8 Å². The third-order valence-electron chi connectivity index (χ3n) is 4.39. The molecule has 0 aromatic heterocycles. The van der Waals surface area contributed by atoms with Gasteiger partial charge in [-0.25, -0.2) is 4.79 Å². The van der Waals surface area contributed by atoms with E-state index in [0.29, 0.717) is 5.92 Å². The Morgan fingerprint density at radius 1 is 0.917 bits per heavy atom. The summed E-state index contributed by atoms with van der Waals surface area (Å²) >= 11 is 0. The van der Waals surface area contributed by atoms with Crippen molar-refractivity contribution < 1.29 is 4.79 Å². The van der Waals surface area contributed by atoms with Crippen LogP contribution in [0.3, 0.4) is 0 Å². The van der Waals surface area contributed by atoms with Gasteiger partial charge in [0.2, 0.25) is 0 Å². The number of carbonyl (C=O) groups excluding carboxylic acids is 1. The van der Waals surface area contributed by atoms with E-state index in [2.05, 4.69) is 36.6 Å². The fourth-order valence-electron chi connectivity index (χ4n) is 2.75. The smallest absolute Gasteiger partial charge is 0.308 e. The SMILES string of the molecule is CC[C@H](C)c1ccc(NC(=O)Nc2cccc3ccccc23)cc1. The van der Waals surface area contributed by atoms with Crippen LogP contribution < -0.4 is 10.6 Å². The topological polar surface area (TPSA) is 41.1 Å². The van der Waals surface area contributed by atoms with Gasteiger partial charge in [-0.15, -0.1) is 0 Å². The van der Waals surface area contributed by atoms with E-state index in [1.165, 1.54) is 5.56 Å². The lowest BCUT2D eigenvalue weighted by Gasteiger charge is -2.12. The van der Waals surface area contributed by atoms with Crippen molar-refractivity contribution >= 4 is 28.2 Å². The van der Waals surface area contributed by atoms with E-state index in [1.807, 2.05) is 54.6 Å². The highest BCUT2D eigenvalue weighted by atomic mass is 16.2. The molecular weight excluding hydrogens is 296 g/mol. The van der Waals surface area contributed by atoms with E-state index in [1.54, 1.807) is 0 Å². The molecule has 0 bridgehead atoms. The number of fused-ring (bicyclic) bond motifs is 1. The van der Waals surface area contributed by atoms with Crippen molar-refractivity contribution in [2.45, 2.75) is 26.2 Å². The largest absolute Gasteiger partial charge is 0.323 e. The number of carbonyl (C=O) groups is 1. The van der Waals surface area contributed by atoms with Crippen molar-refractivity contribution in [1.29, 1.82) is 0 Å². The molecule has 0 saturated carbocycles. The fourth-order valence-corrected chi connectivity index (χ4v) is 2.75. The summed E-state index contributed by atoms with van der Waals surface area (Å²) in [5, 5.41) is 7.96. The molecule has 3 aromatic carbocycles. The zero-order valence-electron chi connectivity index (χ0n) is 14.0. The van der Waals surface area contributed by atoms with Crippen LogP contribution in [-0.4, -0.2) is 6.03 Å². The molecule has 0 aliphatic heterocycles. The van der Waals surface area contributed by atoms with Gasteiger partial charge in [-0.05, 0) is 41.5 Å². The maximum atomic E-state index is 12.3. The normalized spacial score (nSPS) is 11.9. The summed E-state index contributed by atoms with van der Waals surface area (Å²) in [6.07, 6.45) is 1.11. The zero-order valence-corrected chi connectivity index (χ0v) is 14.0. The molecule has 2 amide bonds. The summed E-state index contributed by atoms with van der Waals surface area (Å²) < 4.78 is 0. The number of rotatable bonds is 4. The Bertz CT molecular complexity index is 835. The van der Waals surface area contributed by atoms with Crippen LogP contribution in [0.1, 0.15) is 31.7 Å². The quantitative estimate of drug-likeness (QED) is 0.609. The van der Waals surface area contributed by atoms with E-state index in [9.17, 15) is 4.79 Å². The minimum Gasteiger partial charge on any atom is -0.308 e. The lowest BCUT2D eigenvalue weighted by Crippen LogP contribution is -2.19. The second-order valence-electron chi connectivity index (χ2n) is 6.04. The first kappa shape index (κ1) is 16.1. The maximum Gasteiger partial charge on any atom is 0.323 e. The molecule has 0 heterocycles. The first-order valence-corrected chi connectivity index (χ1v) is 8.33. The van der Waals surface area contributed by atoms with Crippen LogP contribution >= 0.6 is 0 Å². The molecule has 0 saturated heterocycles. The van der Waals surface area contributed by atoms with Gasteiger partial charge in [-0.3, -0.25) is 0 Å². The first-order chi connectivity index (χ1) is 11.7. The van der Waals surface area contributed by atoms with Gasteiger partial charge in [0, 0.05) is 11.1 Å². The summed E-state index contributed by atoms with van der Waals surface area (Å²) in [6, 6.07) is 21.7. The Hall–Kier alpha value is -2.81. The van der Waals surface area contributed by atoms with E-state index in [0.717, 1.165) is 28.6 Å². The van der Waals surface area contributed by atoms with Crippen molar-refractivity contribution in [2.24, 2.45) is 0 Å². The Morgan fingerprint density at radius 2 is 1.62 bits per heavy atom. The van der Waals surface area contributed by atoms with Crippen LogP contribution in [0.15, 0.2) is 66.7 Å². The van der Waals surface area contributed by atoms with Crippen LogP contribution in [0.2, 0.25) is 0 Å². The molecule has 122 valence electrons. The minimum atomic E-state index is -0.234. The van der Waals surface area contributed by atoms with Crippen LogP contribution in [0.4, 0.5) is 16.2 Å². The number of anilines is 2. The highest BCUT2D eigenvalue weighted by Gasteiger charge is 2.07. The van der Waals surface area contributed by atoms with Gasteiger partial charge in [-0.1, -0.05) is 62.4 Å². The summed E-state index contributed by atoms with van der Waals surface area (Å²) in [5.41, 5.74) is 2.89. The molecule has 0 spiro atoms. The van der Waals surface area contributed by atoms with Crippen molar-refractivity contribution in [2.75, 3.05) is 10.6 Å².